The number of carboxylic acids is 1. The van der Waals surface area contributed by atoms with E-state index in [1.165, 1.54) is 10.9 Å². The van der Waals surface area contributed by atoms with Crippen LogP contribution in [0.25, 0.3) is 0 Å². The maximum absolute atomic E-state index is 11.2. The van der Waals surface area contributed by atoms with Crippen LogP contribution in [0.4, 0.5) is 0 Å². The molecule has 2 aromatic rings. The normalized spacial score (nSPS) is 12.6. The molecule has 0 saturated carbocycles. The number of hydrogen-bond donors (Lipinski definition) is 2. The zero-order valence-electron chi connectivity index (χ0n) is 14.5. The largest absolute Gasteiger partial charge is 0.494 e. The lowest BCUT2D eigenvalue weighted by Crippen LogP contribution is -2.29. The van der Waals surface area contributed by atoms with Crippen molar-refractivity contribution in [2.24, 2.45) is 0 Å². The van der Waals surface area contributed by atoms with Gasteiger partial charge in [0.1, 0.15) is 29.6 Å². The Hall–Kier alpha value is -2.61. The molecule has 0 fully saturated rings. The minimum atomic E-state index is -1.14. The molecular weight excluding hydrogens is 326 g/mol. The summed E-state index contributed by atoms with van der Waals surface area (Å²) in [5.41, 5.74) is -0.804. The van der Waals surface area contributed by atoms with Gasteiger partial charge in [-0.25, -0.2) is 4.68 Å². The highest BCUT2D eigenvalue weighted by molar-refractivity contribution is 5.79. The molecule has 0 amide bonds. The summed E-state index contributed by atoms with van der Waals surface area (Å²) < 4.78 is 12.3. The average molecular weight is 349 g/mol. The number of aromatic nitrogens is 3. The van der Waals surface area contributed by atoms with Gasteiger partial charge in [-0.2, -0.15) is 0 Å². The molecule has 0 aliphatic heterocycles. The highest BCUT2D eigenvalue weighted by atomic mass is 16.5. The van der Waals surface area contributed by atoms with Crippen LogP contribution in [0, 0.1) is 0 Å². The van der Waals surface area contributed by atoms with Crippen molar-refractivity contribution >= 4 is 5.97 Å². The molecule has 8 nitrogen and oxygen atoms in total. The van der Waals surface area contributed by atoms with E-state index in [4.69, 9.17) is 9.47 Å². The highest BCUT2D eigenvalue weighted by Gasteiger charge is 2.32. The molecule has 2 rings (SSSR count). The quantitative estimate of drug-likeness (QED) is 0.706. The van der Waals surface area contributed by atoms with Crippen LogP contribution in [0.15, 0.2) is 30.5 Å². The maximum atomic E-state index is 11.2. The molecular formula is C17H23N3O5. The van der Waals surface area contributed by atoms with Gasteiger partial charge in [0, 0.05) is 6.20 Å². The number of nitrogens with zero attached hydrogens (tertiary/aromatic N) is 3. The van der Waals surface area contributed by atoms with Gasteiger partial charge in [0.25, 0.3) is 0 Å². The summed E-state index contributed by atoms with van der Waals surface area (Å²) in [6.07, 6.45) is 0.711. The van der Waals surface area contributed by atoms with Gasteiger partial charge >= 0.3 is 5.97 Å². The molecule has 1 aromatic heterocycles. The highest BCUT2D eigenvalue weighted by Crippen LogP contribution is 2.21. The number of aliphatic carboxylic acids is 1. The van der Waals surface area contributed by atoms with Crippen molar-refractivity contribution in [3.8, 4) is 11.5 Å². The van der Waals surface area contributed by atoms with Gasteiger partial charge in [0.05, 0.1) is 18.8 Å². The Bertz CT molecular complexity index is 697. The van der Waals surface area contributed by atoms with E-state index < -0.39 is 17.5 Å². The third-order valence-electron chi connectivity index (χ3n) is 3.69. The standard InChI is InChI=1S/C17H23N3O5/c1-4-24-13-5-7-14(8-6-13)25-11-12(21)9-20-10-15(18-19-20)17(2,3)16(22)23/h5-8,10,12,21H,4,9,11H2,1-3H3,(H,22,23). The van der Waals surface area contributed by atoms with E-state index in [1.807, 2.05) is 6.92 Å². The fourth-order valence-electron chi connectivity index (χ4n) is 2.04. The Kier molecular flexibility index (Phi) is 5.97. The molecule has 0 radical (unpaired) electrons. The first-order valence-electron chi connectivity index (χ1n) is 8.00. The lowest BCUT2D eigenvalue weighted by atomic mass is 9.90. The van der Waals surface area contributed by atoms with E-state index in [1.54, 1.807) is 38.1 Å². The molecule has 25 heavy (non-hydrogen) atoms. The first-order valence-corrected chi connectivity index (χ1v) is 8.00. The summed E-state index contributed by atoms with van der Waals surface area (Å²) in [7, 11) is 0. The molecule has 0 aliphatic rings. The number of rotatable bonds is 9. The molecule has 1 unspecified atom stereocenters. The molecule has 1 atom stereocenters. The Morgan fingerprint density at radius 3 is 2.40 bits per heavy atom. The van der Waals surface area contributed by atoms with E-state index in [0.717, 1.165) is 5.75 Å². The topological polar surface area (TPSA) is 107 Å². The monoisotopic (exact) mass is 349 g/mol. The molecule has 0 spiro atoms. The van der Waals surface area contributed by atoms with Crippen molar-refractivity contribution in [3.05, 3.63) is 36.2 Å². The van der Waals surface area contributed by atoms with Crippen LogP contribution in [-0.2, 0) is 16.8 Å². The van der Waals surface area contributed by atoms with Crippen molar-refractivity contribution in [1.82, 2.24) is 15.0 Å². The zero-order valence-corrected chi connectivity index (χ0v) is 14.5. The first-order chi connectivity index (χ1) is 11.8. The lowest BCUT2D eigenvalue weighted by molar-refractivity contribution is -0.142. The van der Waals surface area contributed by atoms with E-state index in [-0.39, 0.29) is 13.2 Å². The van der Waals surface area contributed by atoms with Crippen LogP contribution in [0.3, 0.4) is 0 Å². The second-order valence-electron chi connectivity index (χ2n) is 6.13. The first kappa shape index (κ1) is 18.7. The molecule has 1 aromatic carbocycles. The van der Waals surface area contributed by atoms with E-state index >= 15 is 0 Å². The lowest BCUT2D eigenvalue weighted by Gasteiger charge is -2.15. The molecule has 8 heteroatoms. The molecule has 0 aliphatic carbocycles. The van der Waals surface area contributed by atoms with Gasteiger partial charge in [-0.05, 0) is 45.0 Å². The van der Waals surface area contributed by atoms with E-state index in [0.29, 0.717) is 18.1 Å². The summed E-state index contributed by atoms with van der Waals surface area (Å²) in [4.78, 5) is 11.2. The number of carboxylic acid groups (broad SMARTS) is 1. The van der Waals surface area contributed by atoms with Crippen LogP contribution in [0.1, 0.15) is 26.5 Å². The second-order valence-corrected chi connectivity index (χ2v) is 6.13. The third-order valence-corrected chi connectivity index (χ3v) is 3.69. The fourth-order valence-corrected chi connectivity index (χ4v) is 2.04. The Morgan fingerprint density at radius 1 is 1.24 bits per heavy atom. The van der Waals surface area contributed by atoms with Crippen molar-refractivity contribution in [2.75, 3.05) is 13.2 Å². The summed E-state index contributed by atoms with van der Waals surface area (Å²) in [6.45, 7) is 5.83. The number of hydrogen-bond acceptors (Lipinski definition) is 6. The molecule has 1 heterocycles. The van der Waals surface area contributed by atoms with Crippen molar-refractivity contribution in [2.45, 2.75) is 38.8 Å². The van der Waals surface area contributed by atoms with Gasteiger partial charge in [-0.15, -0.1) is 5.10 Å². The van der Waals surface area contributed by atoms with Crippen molar-refractivity contribution in [3.63, 3.8) is 0 Å². The SMILES string of the molecule is CCOc1ccc(OCC(O)Cn2cc(C(C)(C)C(=O)O)nn2)cc1. The van der Waals surface area contributed by atoms with Crippen LogP contribution >= 0.6 is 0 Å². The van der Waals surface area contributed by atoms with E-state index in [2.05, 4.69) is 10.3 Å². The molecule has 0 saturated heterocycles. The van der Waals surface area contributed by atoms with Crippen molar-refractivity contribution < 1.29 is 24.5 Å². The number of carbonyl (C=O) groups is 1. The zero-order chi connectivity index (χ0) is 18.4. The smallest absolute Gasteiger partial charge is 0.315 e. The van der Waals surface area contributed by atoms with Gasteiger partial charge in [-0.1, -0.05) is 5.21 Å². The third kappa shape index (κ3) is 4.93. The van der Waals surface area contributed by atoms with Crippen LogP contribution in [-0.4, -0.2) is 50.5 Å². The Labute approximate surface area is 146 Å². The Balaban J connectivity index is 1.87. The number of benzene rings is 1. The van der Waals surface area contributed by atoms with Gasteiger partial charge in [-0.3, -0.25) is 4.79 Å². The minimum Gasteiger partial charge on any atom is -0.494 e. The Morgan fingerprint density at radius 2 is 1.84 bits per heavy atom. The summed E-state index contributed by atoms with van der Waals surface area (Å²) >= 11 is 0. The van der Waals surface area contributed by atoms with Gasteiger partial charge < -0.3 is 19.7 Å². The second kappa shape index (κ2) is 7.98. The average Bonchev–Trinajstić information content (AvgIpc) is 3.03. The van der Waals surface area contributed by atoms with Gasteiger partial charge in [0.15, 0.2) is 0 Å². The van der Waals surface area contributed by atoms with Crippen LogP contribution in [0.5, 0.6) is 11.5 Å². The van der Waals surface area contributed by atoms with Crippen LogP contribution in [0.2, 0.25) is 0 Å². The summed E-state index contributed by atoms with van der Waals surface area (Å²) in [5, 5.41) is 27.0. The summed E-state index contributed by atoms with van der Waals surface area (Å²) in [5.74, 6) is 0.388. The number of aliphatic hydroxyl groups excluding tert-OH is 1. The summed E-state index contributed by atoms with van der Waals surface area (Å²) in [6, 6.07) is 7.12. The molecule has 2 N–H and O–H groups in total. The molecule has 136 valence electrons. The number of aliphatic hydroxyl groups is 1. The van der Waals surface area contributed by atoms with Crippen LogP contribution < -0.4 is 9.47 Å². The fraction of sp³-hybridized carbons (Fsp3) is 0.471. The number of ether oxygens (including phenoxy) is 2. The van der Waals surface area contributed by atoms with Gasteiger partial charge in [0.2, 0.25) is 0 Å². The van der Waals surface area contributed by atoms with E-state index in [9.17, 15) is 15.0 Å². The molecule has 0 bridgehead atoms. The predicted octanol–water partition coefficient (Wildman–Crippen LogP) is 1.48. The predicted molar refractivity (Wildman–Crippen MR) is 89.8 cm³/mol. The minimum absolute atomic E-state index is 0.0749. The van der Waals surface area contributed by atoms with Crippen molar-refractivity contribution in [1.29, 1.82) is 0 Å². The maximum Gasteiger partial charge on any atom is 0.315 e.